The summed E-state index contributed by atoms with van der Waals surface area (Å²) in [5.41, 5.74) is 4.10. The van der Waals surface area contributed by atoms with Gasteiger partial charge in [-0.15, -0.1) is 0 Å². The summed E-state index contributed by atoms with van der Waals surface area (Å²) in [6.45, 7) is -0.296. The molecule has 21 heavy (non-hydrogen) atoms. The number of anilines is 1. The van der Waals surface area contributed by atoms with Crippen LogP contribution in [0, 0.1) is 11.6 Å². The number of nitrogens with one attached hydrogen (secondary N) is 1. The molecule has 1 rings (SSSR count). The topological polar surface area (TPSA) is 72.2 Å². The zero-order valence-corrected chi connectivity index (χ0v) is 11.5. The number of halogens is 5. The molecule has 0 bridgehead atoms. The standard InChI is InChI=1S/C11H13F5N2O2S/c12-7-3-4-8(9(13)10(7)17)21(19,20)18-6-2-1-5-11(14,15)16/h3-4,18H,1-2,5-6,17H2. The third-order valence-electron chi connectivity index (χ3n) is 2.56. The van der Waals surface area contributed by atoms with Crippen LogP contribution in [0.4, 0.5) is 27.6 Å². The highest BCUT2D eigenvalue weighted by atomic mass is 32.2. The average molecular weight is 332 g/mol. The Morgan fingerprint density at radius 2 is 1.76 bits per heavy atom. The number of sulfonamides is 1. The molecule has 0 aliphatic carbocycles. The van der Waals surface area contributed by atoms with Crippen molar-refractivity contribution in [3.8, 4) is 0 Å². The fourth-order valence-electron chi connectivity index (χ4n) is 1.49. The van der Waals surface area contributed by atoms with E-state index in [1.54, 1.807) is 0 Å². The number of rotatable bonds is 6. The Balaban J connectivity index is 2.65. The van der Waals surface area contributed by atoms with E-state index < -0.39 is 44.8 Å². The van der Waals surface area contributed by atoms with Crippen molar-refractivity contribution in [2.24, 2.45) is 0 Å². The molecule has 0 aliphatic heterocycles. The quantitative estimate of drug-likeness (QED) is 0.478. The molecule has 0 radical (unpaired) electrons. The van der Waals surface area contributed by atoms with Crippen molar-refractivity contribution in [1.82, 2.24) is 4.72 Å². The minimum Gasteiger partial charge on any atom is -0.394 e. The van der Waals surface area contributed by atoms with Crippen molar-refractivity contribution in [3.05, 3.63) is 23.8 Å². The third-order valence-corrected chi connectivity index (χ3v) is 4.04. The zero-order valence-electron chi connectivity index (χ0n) is 10.7. The minimum absolute atomic E-state index is 0.0724. The van der Waals surface area contributed by atoms with Gasteiger partial charge in [-0.2, -0.15) is 13.2 Å². The lowest BCUT2D eigenvalue weighted by Gasteiger charge is -2.10. The van der Waals surface area contributed by atoms with Crippen LogP contribution < -0.4 is 10.5 Å². The number of hydrogen-bond donors (Lipinski definition) is 2. The Morgan fingerprint density at radius 1 is 1.14 bits per heavy atom. The number of nitrogens with two attached hydrogens (primary N) is 1. The summed E-state index contributed by atoms with van der Waals surface area (Å²) in [5, 5.41) is 0. The molecule has 1 aromatic rings. The maximum Gasteiger partial charge on any atom is 0.389 e. The van der Waals surface area contributed by atoms with Crippen LogP contribution in [0.1, 0.15) is 19.3 Å². The first-order valence-electron chi connectivity index (χ1n) is 5.84. The summed E-state index contributed by atoms with van der Waals surface area (Å²) in [5.74, 6) is -2.53. The fraction of sp³-hybridized carbons (Fsp3) is 0.455. The second-order valence-electron chi connectivity index (χ2n) is 4.24. The third kappa shape index (κ3) is 5.12. The van der Waals surface area contributed by atoms with Crippen molar-refractivity contribution < 1.29 is 30.4 Å². The van der Waals surface area contributed by atoms with E-state index in [1.165, 1.54) is 0 Å². The molecule has 120 valence electrons. The second kappa shape index (κ2) is 6.56. The molecule has 10 heteroatoms. The first-order chi connectivity index (χ1) is 9.54. The van der Waals surface area contributed by atoms with Crippen LogP contribution in [0.2, 0.25) is 0 Å². The molecule has 0 fully saturated rings. The first-order valence-corrected chi connectivity index (χ1v) is 7.33. The van der Waals surface area contributed by atoms with Crippen LogP contribution in [0.5, 0.6) is 0 Å². The first kappa shape index (κ1) is 17.6. The molecule has 0 saturated heterocycles. The van der Waals surface area contributed by atoms with E-state index in [9.17, 15) is 30.4 Å². The van der Waals surface area contributed by atoms with E-state index in [1.807, 2.05) is 4.72 Å². The predicted octanol–water partition coefficient (Wildman–Crippen LogP) is 2.56. The van der Waals surface area contributed by atoms with Crippen LogP contribution in [0.25, 0.3) is 0 Å². The molecular formula is C11H13F5N2O2S. The molecule has 3 N–H and O–H groups in total. The van der Waals surface area contributed by atoms with Gasteiger partial charge >= 0.3 is 6.18 Å². The molecule has 1 aromatic carbocycles. The highest BCUT2D eigenvalue weighted by Gasteiger charge is 2.26. The average Bonchev–Trinajstić information content (AvgIpc) is 2.33. The van der Waals surface area contributed by atoms with Crippen molar-refractivity contribution >= 4 is 15.7 Å². The Morgan fingerprint density at radius 3 is 2.33 bits per heavy atom. The van der Waals surface area contributed by atoms with E-state index in [2.05, 4.69) is 0 Å². The normalized spacial score (nSPS) is 12.6. The zero-order chi connectivity index (χ0) is 16.3. The van der Waals surface area contributed by atoms with Crippen molar-refractivity contribution in [1.29, 1.82) is 0 Å². The molecule has 0 heterocycles. The maximum atomic E-state index is 13.6. The number of alkyl halides is 3. The molecule has 0 aromatic heterocycles. The van der Waals surface area contributed by atoms with Gasteiger partial charge in [0, 0.05) is 13.0 Å². The van der Waals surface area contributed by atoms with Crippen LogP contribution in [-0.4, -0.2) is 21.1 Å². The summed E-state index contributed by atoms with van der Waals surface area (Å²) in [6, 6.07) is 1.38. The van der Waals surface area contributed by atoms with Gasteiger partial charge < -0.3 is 5.73 Å². The predicted molar refractivity (Wildman–Crippen MR) is 65.9 cm³/mol. The van der Waals surface area contributed by atoms with Gasteiger partial charge in [-0.05, 0) is 25.0 Å². The van der Waals surface area contributed by atoms with Gasteiger partial charge in [0.05, 0.1) is 0 Å². The van der Waals surface area contributed by atoms with Gasteiger partial charge in [-0.25, -0.2) is 21.9 Å². The lowest BCUT2D eigenvalue weighted by molar-refractivity contribution is -0.135. The maximum absolute atomic E-state index is 13.6. The summed E-state index contributed by atoms with van der Waals surface area (Å²) >= 11 is 0. The fourth-order valence-corrected chi connectivity index (χ4v) is 2.65. The largest absolute Gasteiger partial charge is 0.394 e. The lowest BCUT2D eigenvalue weighted by atomic mass is 10.2. The summed E-state index contributed by atoms with van der Waals surface area (Å²) in [7, 11) is -4.30. The molecule has 0 amide bonds. The van der Waals surface area contributed by atoms with Gasteiger partial charge in [-0.3, -0.25) is 0 Å². The summed E-state index contributed by atoms with van der Waals surface area (Å²) in [4.78, 5) is -0.850. The molecule has 0 saturated carbocycles. The van der Waals surface area contributed by atoms with E-state index in [4.69, 9.17) is 5.73 Å². The Bertz CT molecular complexity index is 601. The van der Waals surface area contributed by atoms with Crippen molar-refractivity contribution in [2.75, 3.05) is 12.3 Å². The molecule has 4 nitrogen and oxygen atoms in total. The number of nitrogen functional groups attached to an aromatic ring is 1. The van der Waals surface area contributed by atoms with E-state index in [0.717, 1.165) is 0 Å². The highest BCUT2D eigenvalue weighted by molar-refractivity contribution is 7.89. The minimum atomic E-state index is -4.31. The van der Waals surface area contributed by atoms with Crippen LogP contribution >= 0.6 is 0 Å². The van der Waals surface area contributed by atoms with Crippen molar-refractivity contribution in [3.63, 3.8) is 0 Å². The van der Waals surface area contributed by atoms with Gasteiger partial charge in [-0.1, -0.05) is 0 Å². The molecule has 0 spiro atoms. The Labute approximate surface area is 118 Å². The molecule has 0 aliphatic rings. The number of benzene rings is 1. The number of unbranched alkanes of at least 4 members (excludes halogenated alkanes) is 1. The lowest BCUT2D eigenvalue weighted by Crippen LogP contribution is -2.26. The monoisotopic (exact) mass is 332 g/mol. The van der Waals surface area contributed by atoms with Gasteiger partial charge in [0.2, 0.25) is 10.0 Å². The number of hydrogen-bond acceptors (Lipinski definition) is 3. The van der Waals surface area contributed by atoms with Crippen LogP contribution in [0.15, 0.2) is 17.0 Å². The van der Waals surface area contributed by atoms with Gasteiger partial charge in [0.25, 0.3) is 0 Å². The Kier molecular flexibility index (Phi) is 5.51. The smallest absolute Gasteiger partial charge is 0.389 e. The second-order valence-corrected chi connectivity index (χ2v) is 5.98. The Hall–Kier alpha value is -1.42. The molecular weight excluding hydrogens is 319 g/mol. The summed E-state index contributed by atoms with van der Waals surface area (Å²) < 4.78 is 87.5. The van der Waals surface area contributed by atoms with Crippen LogP contribution in [-0.2, 0) is 10.0 Å². The summed E-state index contributed by atoms with van der Waals surface area (Å²) in [6.07, 6.45) is -5.68. The van der Waals surface area contributed by atoms with Crippen molar-refractivity contribution in [2.45, 2.75) is 30.3 Å². The van der Waals surface area contributed by atoms with Gasteiger partial charge in [0.15, 0.2) is 5.82 Å². The molecule has 0 unspecified atom stereocenters. The molecule has 0 atom stereocenters. The van der Waals surface area contributed by atoms with E-state index in [-0.39, 0.29) is 19.4 Å². The SMILES string of the molecule is Nc1c(F)ccc(S(=O)(=O)NCCCCC(F)(F)F)c1F. The van der Waals surface area contributed by atoms with Gasteiger partial charge in [0.1, 0.15) is 16.4 Å². The van der Waals surface area contributed by atoms with Crippen LogP contribution in [0.3, 0.4) is 0 Å². The highest BCUT2D eigenvalue weighted by Crippen LogP contribution is 2.23. The van der Waals surface area contributed by atoms with E-state index >= 15 is 0 Å². The van der Waals surface area contributed by atoms with E-state index in [0.29, 0.717) is 12.1 Å².